The Morgan fingerprint density at radius 2 is 0.537 bits per heavy atom. The highest BCUT2D eigenvalue weighted by Crippen LogP contribution is 2.17. The highest BCUT2D eigenvalue weighted by molar-refractivity contribution is 5.71. The molecular weight excluding hydrogens is 829 g/mol. The monoisotopic (exact) mass is 943 g/mol. The van der Waals surface area contributed by atoms with Crippen molar-refractivity contribution in [2.75, 3.05) is 13.2 Å². The molecule has 394 valence electrons. The fraction of sp³-hybridized carbons (Fsp3) is 0.885. The Labute approximate surface area is 417 Å². The quantitative estimate of drug-likeness (QED) is 0.0262. The Kier molecular flexibility index (Phi) is 54.7. The van der Waals surface area contributed by atoms with E-state index in [0.717, 1.165) is 64.2 Å². The fourth-order valence-corrected chi connectivity index (χ4v) is 8.95. The summed E-state index contributed by atoms with van der Waals surface area (Å²) in [5, 5.41) is 0. The van der Waals surface area contributed by atoms with Crippen molar-refractivity contribution in [3.8, 4) is 0 Å². The van der Waals surface area contributed by atoms with E-state index in [2.05, 4.69) is 45.1 Å². The molecule has 67 heavy (non-hydrogen) atoms. The summed E-state index contributed by atoms with van der Waals surface area (Å²) in [6.07, 6.45) is 66.0. The zero-order valence-electron chi connectivity index (χ0n) is 45.2. The Hall–Kier alpha value is -2.11. The van der Waals surface area contributed by atoms with E-state index < -0.39 is 6.10 Å². The molecule has 0 aliphatic carbocycles. The zero-order valence-corrected chi connectivity index (χ0v) is 45.2. The molecule has 0 heterocycles. The average Bonchev–Trinajstić information content (AvgIpc) is 3.33. The predicted molar refractivity (Wildman–Crippen MR) is 289 cm³/mol. The minimum atomic E-state index is -0.767. The summed E-state index contributed by atoms with van der Waals surface area (Å²) in [6.45, 7) is 6.68. The fourth-order valence-electron chi connectivity index (χ4n) is 8.95. The van der Waals surface area contributed by atoms with Crippen LogP contribution in [0, 0.1) is 0 Å². The molecule has 0 amide bonds. The van der Waals surface area contributed by atoms with Crippen LogP contribution in [0.3, 0.4) is 0 Å². The van der Waals surface area contributed by atoms with Gasteiger partial charge in [0.25, 0.3) is 0 Å². The maximum absolute atomic E-state index is 12.9. The molecule has 0 rings (SSSR count). The topological polar surface area (TPSA) is 78.9 Å². The lowest BCUT2D eigenvalue weighted by Crippen LogP contribution is -2.30. The van der Waals surface area contributed by atoms with Gasteiger partial charge in [0.1, 0.15) is 13.2 Å². The van der Waals surface area contributed by atoms with Gasteiger partial charge in [0.15, 0.2) is 6.10 Å². The first-order chi connectivity index (χ1) is 33.0. The molecule has 0 aliphatic rings. The van der Waals surface area contributed by atoms with Crippen molar-refractivity contribution in [2.45, 2.75) is 335 Å². The number of esters is 3. The van der Waals surface area contributed by atoms with E-state index in [1.54, 1.807) is 0 Å². The van der Waals surface area contributed by atoms with Crippen LogP contribution >= 0.6 is 0 Å². The van der Waals surface area contributed by atoms with E-state index in [0.29, 0.717) is 19.3 Å². The second kappa shape index (κ2) is 56.5. The molecular formula is C61H114O6. The van der Waals surface area contributed by atoms with Crippen molar-refractivity contribution in [1.29, 1.82) is 0 Å². The van der Waals surface area contributed by atoms with Gasteiger partial charge in [-0.3, -0.25) is 14.4 Å². The number of hydrogen-bond acceptors (Lipinski definition) is 6. The molecule has 0 saturated carbocycles. The van der Waals surface area contributed by atoms with Crippen LogP contribution in [-0.2, 0) is 28.6 Å². The molecule has 0 N–H and O–H groups in total. The summed E-state index contributed by atoms with van der Waals surface area (Å²) in [4.78, 5) is 38.1. The largest absolute Gasteiger partial charge is 0.462 e. The van der Waals surface area contributed by atoms with Crippen molar-refractivity contribution in [3.63, 3.8) is 0 Å². The Morgan fingerprint density at radius 1 is 0.299 bits per heavy atom. The zero-order chi connectivity index (χ0) is 48.6. The third-order valence-electron chi connectivity index (χ3n) is 13.5. The van der Waals surface area contributed by atoms with E-state index in [-0.39, 0.29) is 31.1 Å². The first-order valence-electron chi connectivity index (χ1n) is 29.8. The van der Waals surface area contributed by atoms with Gasteiger partial charge in [0, 0.05) is 19.3 Å². The summed E-state index contributed by atoms with van der Waals surface area (Å²) in [7, 11) is 0. The molecule has 6 heteroatoms. The van der Waals surface area contributed by atoms with Crippen molar-refractivity contribution in [3.05, 3.63) is 24.3 Å². The minimum Gasteiger partial charge on any atom is -0.462 e. The number of hydrogen-bond donors (Lipinski definition) is 0. The minimum absolute atomic E-state index is 0.0667. The van der Waals surface area contributed by atoms with Gasteiger partial charge < -0.3 is 14.2 Å². The van der Waals surface area contributed by atoms with Gasteiger partial charge >= 0.3 is 17.9 Å². The van der Waals surface area contributed by atoms with E-state index in [4.69, 9.17) is 14.2 Å². The van der Waals surface area contributed by atoms with Crippen molar-refractivity contribution >= 4 is 17.9 Å². The van der Waals surface area contributed by atoms with Crippen LogP contribution in [0.1, 0.15) is 329 Å². The smallest absolute Gasteiger partial charge is 0.306 e. The number of ether oxygens (including phenoxy) is 3. The SMILES string of the molecule is CCCCCCC/C=C\C/C=C\CCCCCCCCCCCC(=O)OCC(COC(=O)CCCCCCCCCCCCCC)OC(=O)CCCCCCCCCCCCCCCCCC. The van der Waals surface area contributed by atoms with Crippen LogP contribution in [0.15, 0.2) is 24.3 Å². The summed E-state index contributed by atoms with van der Waals surface area (Å²) in [6, 6.07) is 0. The van der Waals surface area contributed by atoms with Gasteiger partial charge in [0.05, 0.1) is 0 Å². The summed E-state index contributed by atoms with van der Waals surface area (Å²) in [5.74, 6) is -0.848. The highest BCUT2D eigenvalue weighted by Gasteiger charge is 2.19. The summed E-state index contributed by atoms with van der Waals surface area (Å²) in [5.41, 5.74) is 0. The number of allylic oxidation sites excluding steroid dienone is 4. The first kappa shape index (κ1) is 64.9. The van der Waals surface area contributed by atoms with Crippen LogP contribution in [0.2, 0.25) is 0 Å². The normalized spacial score (nSPS) is 12.1. The van der Waals surface area contributed by atoms with Crippen molar-refractivity contribution < 1.29 is 28.6 Å². The van der Waals surface area contributed by atoms with Crippen molar-refractivity contribution in [2.24, 2.45) is 0 Å². The van der Waals surface area contributed by atoms with Gasteiger partial charge in [-0.2, -0.15) is 0 Å². The molecule has 0 aromatic heterocycles. The third kappa shape index (κ3) is 54.7. The molecule has 0 radical (unpaired) electrons. The second-order valence-electron chi connectivity index (χ2n) is 20.3. The Balaban J connectivity index is 4.28. The Bertz CT molecular complexity index is 1080. The van der Waals surface area contributed by atoms with Gasteiger partial charge in [-0.25, -0.2) is 0 Å². The molecule has 0 aliphatic heterocycles. The lowest BCUT2D eigenvalue weighted by molar-refractivity contribution is -0.167. The molecule has 0 aromatic carbocycles. The molecule has 6 nitrogen and oxygen atoms in total. The third-order valence-corrected chi connectivity index (χ3v) is 13.5. The molecule has 0 bridgehead atoms. The van der Waals surface area contributed by atoms with Crippen LogP contribution in [0.5, 0.6) is 0 Å². The first-order valence-corrected chi connectivity index (χ1v) is 29.8. The molecule has 0 fully saturated rings. The van der Waals surface area contributed by atoms with Gasteiger partial charge in [-0.05, 0) is 51.4 Å². The average molecular weight is 944 g/mol. The second-order valence-corrected chi connectivity index (χ2v) is 20.3. The molecule has 0 aromatic rings. The van der Waals surface area contributed by atoms with Gasteiger partial charge in [0.2, 0.25) is 0 Å². The standard InChI is InChI=1S/C61H114O6/c1-4-7-10-13-16-19-22-25-27-29-30-31-32-33-35-36-39-42-45-48-51-54-60(63)66-57-58(56-65-59(62)53-50-47-44-41-38-24-21-18-15-12-9-6-3)67-61(64)55-52-49-46-43-40-37-34-28-26-23-20-17-14-11-8-5-2/h22,25,29-30,58H,4-21,23-24,26-28,31-57H2,1-3H3/b25-22-,30-29-. The summed E-state index contributed by atoms with van der Waals surface area (Å²) >= 11 is 0. The number of unbranched alkanes of at least 4 members (excludes halogenated alkanes) is 40. The lowest BCUT2D eigenvalue weighted by Gasteiger charge is -2.18. The van der Waals surface area contributed by atoms with Crippen molar-refractivity contribution in [1.82, 2.24) is 0 Å². The van der Waals surface area contributed by atoms with Crippen LogP contribution in [0.25, 0.3) is 0 Å². The van der Waals surface area contributed by atoms with E-state index >= 15 is 0 Å². The maximum Gasteiger partial charge on any atom is 0.306 e. The van der Waals surface area contributed by atoms with E-state index in [9.17, 15) is 14.4 Å². The summed E-state index contributed by atoms with van der Waals surface area (Å²) < 4.78 is 16.9. The number of carbonyl (C=O) groups is 3. The number of rotatable bonds is 55. The lowest BCUT2D eigenvalue weighted by atomic mass is 10.0. The van der Waals surface area contributed by atoms with Crippen LogP contribution < -0.4 is 0 Å². The van der Waals surface area contributed by atoms with Gasteiger partial charge in [-0.1, -0.05) is 283 Å². The molecule has 1 atom stereocenters. The number of carbonyl (C=O) groups excluding carboxylic acids is 3. The molecule has 1 unspecified atom stereocenters. The molecule has 0 spiro atoms. The van der Waals surface area contributed by atoms with Gasteiger partial charge in [-0.15, -0.1) is 0 Å². The Morgan fingerprint density at radius 3 is 0.821 bits per heavy atom. The van der Waals surface area contributed by atoms with E-state index in [1.807, 2.05) is 0 Å². The highest BCUT2D eigenvalue weighted by atomic mass is 16.6. The van der Waals surface area contributed by atoms with E-state index in [1.165, 1.54) is 225 Å². The van der Waals surface area contributed by atoms with Crippen LogP contribution in [0.4, 0.5) is 0 Å². The maximum atomic E-state index is 12.9. The predicted octanol–water partition coefficient (Wildman–Crippen LogP) is 19.9. The van der Waals surface area contributed by atoms with Crippen LogP contribution in [-0.4, -0.2) is 37.2 Å². The molecule has 0 saturated heterocycles.